The predicted molar refractivity (Wildman–Crippen MR) is 86.0 cm³/mol. The summed E-state index contributed by atoms with van der Waals surface area (Å²) in [4.78, 5) is 29.2. The number of aryl methyl sites for hydroxylation is 2. The molecule has 3 rings (SSSR count). The van der Waals surface area contributed by atoms with Crippen molar-refractivity contribution in [2.75, 3.05) is 31.1 Å². The van der Waals surface area contributed by atoms with Gasteiger partial charge in [-0.1, -0.05) is 0 Å². The minimum Gasteiger partial charge on any atom is -0.339 e. The van der Waals surface area contributed by atoms with Gasteiger partial charge >= 0.3 is 0 Å². The van der Waals surface area contributed by atoms with Crippen LogP contribution < -0.4 is 4.90 Å². The maximum atomic E-state index is 12.3. The van der Waals surface area contributed by atoms with Crippen LogP contribution in [0.5, 0.6) is 0 Å². The Morgan fingerprint density at radius 3 is 2.59 bits per heavy atom. The highest BCUT2D eigenvalue weighted by Gasteiger charge is 2.22. The van der Waals surface area contributed by atoms with E-state index in [0.29, 0.717) is 6.42 Å². The third-order valence-electron chi connectivity index (χ3n) is 3.69. The molecular formula is C15H19N5OS. The van der Waals surface area contributed by atoms with Crippen LogP contribution in [0.15, 0.2) is 23.8 Å². The molecule has 0 spiro atoms. The minimum absolute atomic E-state index is 0.210. The van der Waals surface area contributed by atoms with Gasteiger partial charge in [0.05, 0.1) is 5.01 Å². The maximum Gasteiger partial charge on any atom is 0.225 e. The number of nitrogens with zero attached hydrogens (tertiary/aromatic N) is 5. The molecule has 0 bridgehead atoms. The molecule has 2 aromatic rings. The average Bonchev–Trinajstić information content (AvgIpc) is 2.99. The number of piperazine rings is 1. The van der Waals surface area contributed by atoms with Gasteiger partial charge in [-0.15, -0.1) is 11.3 Å². The van der Waals surface area contributed by atoms with E-state index in [9.17, 15) is 4.79 Å². The number of thiazole rings is 1. The van der Waals surface area contributed by atoms with Gasteiger partial charge in [-0.25, -0.2) is 15.0 Å². The van der Waals surface area contributed by atoms with Crippen molar-refractivity contribution in [2.24, 2.45) is 0 Å². The fraction of sp³-hybridized carbons (Fsp3) is 0.467. The predicted octanol–water partition coefficient (Wildman–Crippen LogP) is 1.52. The molecule has 0 N–H and O–H groups in total. The lowest BCUT2D eigenvalue weighted by atomic mass is 10.2. The van der Waals surface area contributed by atoms with E-state index in [2.05, 4.69) is 19.9 Å². The van der Waals surface area contributed by atoms with Gasteiger partial charge in [0.25, 0.3) is 0 Å². The summed E-state index contributed by atoms with van der Waals surface area (Å²) in [6.07, 6.45) is 4.76. The number of carbonyl (C=O) groups is 1. The first-order valence-electron chi connectivity index (χ1n) is 7.43. The van der Waals surface area contributed by atoms with Crippen LogP contribution in [0.3, 0.4) is 0 Å². The van der Waals surface area contributed by atoms with Gasteiger partial charge in [-0.2, -0.15) is 0 Å². The molecule has 7 heteroatoms. The van der Waals surface area contributed by atoms with Crippen molar-refractivity contribution in [2.45, 2.75) is 19.8 Å². The summed E-state index contributed by atoms with van der Waals surface area (Å²) in [7, 11) is 0. The van der Waals surface area contributed by atoms with Crippen LogP contribution in [-0.2, 0) is 11.2 Å². The van der Waals surface area contributed by atoms with Crippen LogP contribution in [0.25, 0.3) is 0 Å². The summed E-state index contributed by atoms with van der Waals surface area (Å²) in [6.45, 7) is 5.01. The fourth-order valence-corrected chi connectivity index (χ4v) is 3.28. The lowest BCUT2D eigenvalue weighted by Crippen LogP contribution is -2.49. The van der Waals surface area contributed by atoms with Crippen LogP contribution >= 0.6 is 11.3 Å². The quantitative estimate of drug-likeness (QED) is 0.855. The van der Waals surface area contributed by atoms with Crippen molar-refractivity contribution in [3.8, 4) is 0 Å². The lowest BCUT2D eigenvalue weighted by Gasteiger charge is -2.34. The van der Waals surface area contributed by atoms with Crippen LogP contribution in [0.2, 0.25) is 0 Å². The van der Waals surface area contributed by atoms with Crippen LogP contribution in [0.4, 0.5) is 5.95 Å². The summed E-state index contributed by atoms with van der Waals surface area (Å²) in [5.41, 5.74) is 1.03. The van der Waals surface area contributed by atoms with Gasteiger partial charge in [0.1, 0.15) is 0 Å². The van der Waals surface area contributed by atoms with E-state index < -0.39 is 0 Å². The van der Waals surface area contributed by atoms with Crippen molar-refractivity contribution in [3.05, 3.63) is 34.5 Å². The second-order valence-electron chi connectivity index (χ2n) is 5.30. The topological polar surface area (TPSA) is 62.2 Å². The Balaban J connectivity index is 1.47. The van der Waals surface area contributed by atoms with Crippen LogP contribution in [-0.4, -0.2) is 51.9 Å². The van der Waals surface area contributed by atoms with Gasteiger partial charge in [0.2, 0.25) is 11.9 Å². The first kappa shape index (κ1) is 14.9. The van der Waals surface area contributed by atoms with Crippen molar-refractivity contribution in [1.29, 1.82) is 0 Å². The number of hydrogen-bond acceptors (Lipinski definition) is 6. The summed E-state index contributed by atoms with van der Waals surface area (Å²) in [6, 6.07) is 1.81. The summed E-state index contributed by atoms with van der Waals surface area (Å²) in [5.74, 6) is 0.953. The molecule has 1 aliphatic heterocycles. The number of rotatable bonds is 4. The Morgan fingerprint density at radius 1 is 1.23 bits per heavy atom. The lowest BCUT2D eigenvalue weighted by molar-refractivity contribution is -0.131. The second-order valence-corrected chi connectivity index (χ2v) is 6.24. The summed E-state index contributed by atoms with van der Waals surface area (Å²) in [5, 5.41) is 3.07. The Morgan fingerprint density at radius 2 is 1.95 bits per heavy atom. The third-order valence-corrected chi connectivity index (χ3v) is 4.71. The standard InChI is InChI=1S/C15H19N5OS/c1-12-11-22-13(18-12)3-4-14(21)19-7-9-20(10-8-19)15-16-5-2-6-17-15/h2,5-6,11H,3-4,7-10H2,1H3. The smallest absolute Gasteiger partial charge is 0.225 e. The van der Waals surface area contributed by atoms with E-state index in [1.54, 1.807) is 23.7 Å². The average molecular weight is 317 g/mol. The molecule has 116 valence electrons. The molecule has 0 aromatic carbocycles. The summed E-state index contributed by atoms with van der Waals surface area (Å²) < 4.78 is 0. The maximum absolute atomic E-state index is 12.3. The third kappa shape index (κ3) is 3.59. The molecule has 1 saturated heterocycles. The molecule has 0 saturated carbocycles. The molecule has 1 aliphatic rings. The zero-order valence-corrected chi connectivity index (χ0v) is 13.4. The zero-order valence-electron chi connectivity index (χ0n) is 12.6. The molecule has 0 aliphatic carbocycles. The zero-order chi connectivity index (χ0) is 15.4. The largest absolute Gasteiger partial charge is 0.339 e. The van der Waals surface area contributed by atoms with Crippen molar-refractivity contribution in [3.63, 3.8) is 0 Å². The second kappa shape index (κ2) is 6.83. The molecule has 6 nitrogen and oxygen atoms in total. The number of amides is 1. The molecule has 0 atom stereocenters. The van der Waals surface area contributed by atoms with Gasteiger partial charge in [0, 0.05) is 62.5 Å². The molecule has 0 unspecified atom stereocenters. The highest BCUT2D eigenvalue weighted by molar-refractivity contribution is 7.09. The normalized spacial score (nSPS) is 15.1. The van der Waals surface area contributed by atoms with Gasteiger partial charge in [-0.05, 0) is 13.0 Å². The van der Waals surface area contributed by atoms with Crippen molar-refractivity contribution >= 4 is 23.2 Å². The molecule has 1 fully saturated rings. The monoisotopic (exact) mass is 317 g/mol. The number of hydrogen-bond donors (Lipinski definition) is 0. The molecule has 2 aromatic heterocycles. The molecule has 1 amide bonds. The highest BCUT2D eigenvalue weighted by Crippen LogP contribution is 2.14. The number of carbonyl (C=O) groups excluding carboxylic acids is 1. The van der Waals surface area contributed by atoms with Crippen LogP contribution in [0.1, 0.15) is 17.1 Å². The van der Waals surface area contributed by atoms with Crippen molar-refractivity contribution in [1.82, 2.24) is 19.9 Å². The Hall–Kier alpha value is -2.02. The van der Waals surface area contributed by atoms with E-state index in [1.807, 2.05) is 23.3 Å². The molecule has 22 heavy (non-hydrogen) atoms. The molecular weight excluding hydrogens is 298 g/mol. The fourth-order valence-electron chi connectivity index (χ4n) is 2.50. The summed E-state index contributed by atoms with van der Waals surface area (Å²) >= 11 is 1.63. The van der Waals surface area contributed by atoms with E-state index in [1.165, 1.54) is 0 Å². The first-order valence-corrected chi connectivity index (χ1v) is 8.31. The van der Waals surface area contributed by atoms with Crippen molar-refractivity contribution < 1.29 is 4.79 Å². The van der Waals surface area contributed by atoms with E-state index in [4.69, 9.17) is 0 Å². The number of anilines is 1. The Kier molecular flexibility index (Phi) is 4.62. The molecule has 0 radical (unpaired) electrons. The Bertz CT molecular complexity index is 622. The minimum atomic E-state index is 0.210. The van der Waals surface area contributed by atoms with Gasteiger partial charge < -0.3 is 9.80 Å². The van der Waals surface area contributed by atoms with E-state index in [0.717, 1.165) is 49.2 Å². The SMILES string of the molecule is Cc1csc(CCC(=O)N2CCN(c3ncccn3)CC2)n1. The molecule has 3 heterocycles. The highest BCUT2D eigenvalue weighted by atomic mass is 32.1. The van der Waals surface area contributed by atoms with E-state index >= 15 is 0 Å². The van der Waals surface area contributed by atoms with Gasteiger partial charge in [-0.3, -0.25) is 4.79 Å². The Labute approximate surface area is 133 Å². The van der Waals surface area contributed by atoms with Gasteiger partial charge in [0.15, 0.2) is 0 Å². The van der Waals surface area contributed by atoms with E-state index in [-0.39, 0.29) is 5.91 Å². The van der Waals surface area contributed by atoms with Crippen LogP contribution in [0, 0.1) is 6.92 Å². The number of aromatic nitrogens is 3. The first-order chi connectivity index (χ1) is 10.7.